The highest BCUT2D eigenvalue weighted by molar-refractivity contribution is 6.21. The number of aliphatic carboxylic acids is 1. The van der Waals surface area contributed by atoms with Crippen LogP contribution in [0.5, 0.6) is 0 Å². The van der Waals surface area contributed by atoms with Crippen molar-refractivity contribution in [3.63, 3.8) is 0 Å². The minimum atomic E-state index is -1.25. The van der Waals surface area contributed by atoms with Crippen LogP contribution in [-0.4, -0.2) is 29.4 Å². The fourth-order valence-corrected chi connectivity index (χ4v) is 1.55. The van der Waals surface area contributed by atoms with E-state index in [1.165, 1.54) is 0 Å². The summed E-state index contributed by atoms with van der Waals surface area (Å²) in [6, 6.07) is 0. The quantitative estimate of drug-likeness (QED) is 0.533. The molecule has 0 radical (unpaired) electrons. The van der Waals surface area contributed by atoms with Crippen molar-refractivity contribution in [2.45, 2.75) is 20.8 Å². The summed E-state index contributed by atoms with van der Waals surface area (Å²) in [5.74, 6) is -2.67. The van der Waals surface area contributed by atoms with Gasteiger partial charge in [0.05, 0.1) is 5.57 Å². The van der Waals surface area contributed by atoms with Crippen LogP contribution in [0.3, 0.4) is 0 Å². The summed E-state index contributed by atoms with van der Waals surface area (Å²) >= 11 is 0. The van der Waals surface area contributed by atoms with E-state index in [-0.39, 0.29) is 17.8 Å². The van der Waals surface area contributed by atoms with E-state index in [2.05, 4.69) is 0 Å². The van der Waals surface area contributed by atoms with Crippen LogP contribution in [0.4, 0.5) is 0 Å². The second-order valence-electron chi connectivity index (χ2n) is 4.07. The molecule has 0 aliphatic carbocycles. The number of carbonyl (C=O) groups excluding carboxylic acids is 2. The number of rotatable bonds is 2. The van der Waals surface area contributed by atoms with E-state index in [9.17, 15) is 14.4 Å². The van der Waals surface area contributed by atoms with E-state index in [4.69, 9.17) is 9.84 Å². The maximum absolute atomic E-state index is 11.3. The average molecular weight is 212 g/mol. The van der Waals surface area contributed by atoms with E-state index < -0.39 is 23.1 Å². The molecule has 0 aromatic rings. The van der Waals surface area contributed by atoms with Gasteiger partial charge in [-0.15, -0.1) is 0 Å². The van der Waals surface area contributed by atoms with E-state index in [1.807, 2.05) is 0 Å². The number of esters is 1. The number of hydrogen-bond donors (Lipinski definition) is 1. The van der Waals surface area contributed by atoms with Gasteiger partial charge in [0.1, 0.15) is 12.2 Å². The molecule has 1 N–H and O–H groups in total. The third kappa shape index (κ3) is 1.91. The number of ketones is 1. The van der Waals surface area contributed by atoms with E-state index in [0.717, 1.165) is 6.92 Å². The molecule has 1 aliphatic rings. The van der Waals surface area contributed by atoms with Crippen LogP contribution in [0.25, 0.3) is 0 Å². The third-order valence-electron chi connectivity index (χ3n) is 2.26. The number of Topliss-reactive ketones (excluding diaryl/α,β-unsaturated/α-hetero) is 1. The second kappa shape index (κ2) is 3.49. The topological polar surface area (TPSA) is 80.7 Å². The van der Waals surface area contributed by atoms with Gasteiger partial charge in [0.15, 0.2) is 5.78 Å². The van der Waals surface area contributed by atoms with Crippen LogP contribution in [-0.2, 0) is 19.1 Å². The lowest BCUT2D eigenvalue weighted by molar-refractivity contribution is -0.148. The average Bonchev–Trinajstić information content (AvgIpc) is 2.07. The molecule has 0 spiro atoms. The van der Waals surface area contributed by atoms with E-state index in [0.29, 0.717) is 0 Å². The van der Waals surface area contributed by atoms with Crippen LogP contribution in [0.2, 0.25) is 0 Å². The number of carboxylic acids is 1. The van der Waals surface area contributed by atoms with Crippen molar-refractivity contribution in [3.8, 4) is 0 Å². The number of carboxylic acid groups (broad SMARTS) is 1. The SMILES string of the molecule is CC(=O)C1=C(C(=O)O)C(C)(C)COC1=O. The zero-order chi connectivity index (χ0) is 11.8. The fourth-order valence-electron chi connectivity index (χ4n) is 1.55. The van der Waals surface area contributed by atoms with Crippen molar-refractivity contribution in [1.82, 2.24) is 0 Å². The van der Waals surface area contributed by atoms with Gasteiger partial charge in [-0.25, -0.2) is 9.59 Å². The molecule has 0 amide bonds. The Hall–Kier alpha value is -1.65. The first-order valence-corrected chi connectivity index (χ1v) is 4.43. The molecule has 0 unspecified atom stereocenters. The van der Waals surface area contributed by atoms with Gasteiger partial charge < -0.3 is 9.84 Å². The second-order valence-corrected chi connectivity index (χ2v) is 4.07. The highest BCUT2D eigenvalue weighted by atomic mass is 16.5. The Kier molecular flexibility index (Phi) is 2.66. The number of ether oxygens (including phenoxy) is 1. The molecule has 0 atom stereocenters. The first-order valence-electron chi connectivity index (χ1n) is 4.43. The van der Waals surface area contributed by atoms with Crippen LogP contribution in [0, 0.1) is 5.41 Å². The lowest BCUT2D eigenvalue weighted by Crippen LogP contribution is -2.37. The Morgan fingerprint density at radius 2 is 1.93 bits per heavy atom. The van der Waals surface area contributed by atoms with Gasteiger partial charge in [-0.05, 0) is 6.92 Å². The Morgan fingerprint density at radius 1 is 1.40 bits per heavy atom. The van der Waals surface area contributed by atoms with Gasteiger partial charge in [0.25, 0.3) is 0 Å². The standard InChI is InChI=1S/C10H12O5/c1-5(11)6-7(8(12)13)10(2,3)4-15-9(6)14/h4H2,1-3H3,(H,12,13). The van der Waals surface area contributed by atoms with Gasteiger partial charge in [0.2, 0.25) is 0 Å². The molecule has 0 saturated carbocycles. The van der Waals surface area contributed by atoms with Crippen molar-refractivity contribution in [1.29, 1.82) is 0 Å². The Balaban J connectivity index is 3.46. The summed E-state index contributed by atoms with van der Waals surface area (Å²) in [6.07, 6.45) is 0. The number of hydrogen-bond acceptors (Lipinski definition) is 4. The van der Waals surface area contributed by atoms with Crippen LogP contribution in [0.15, 0.2) is 11.1 Å². The van der Waals surface area contributed by atoms with Crippen molar-refractivity contribution in [2.24, 2.45) is 5.41 Å². The van der Waals surface area contributed by atoms with Crippen molar-refractivity contribution >= 4 is 17.7 Å². The summed E-state index contributed by atoms with van der Waals surface area (Å²) in [7, 11) is 0. The zero-order valence-electron chi connectivity index (χ0n) is 8.79. The minimum Gasteiger partial charge on any atom is -0.478 e. The molecule has 1 rings (SSSR count). The molecule has 1 heterocycles. The molecular weight excluding hydrogens is 200 g/mol. The first kappa shape index (κ1) is 11.4. The van der Waals surface area contributed by atoms with Gasteiger partial charge in [-0.1, -0.05) is 13.8 Å². The molecule has 5 heteroatoms. The molecule has 15 heavy (non-hydrogen) atoms. The van der Waals surface area contributed by atoms with Crippen molar-refractivity contribution < 1.29 is 24.2 Å². The predicted molar refractivity (Wildman–Crippen MR) is 50.1 cm³/mol. The molecule has 0 aromatic carbocycles. The summed E-state index contributed by atoms with van der Waals surface area (Å²) in [4.78, 5) is 33.5. The molecule has 0 saturated heterocycles. The Labute approximate surface area is 86.7 Å². The van der Waals surface area contributed by atoms with Gasteiger partial charge in [0, 0.05) is 5.41 Å². The first-order chi connectivity index (χ1) is 6.77. The van der Waals surface area contributed by atoms with E-state index >= 15 is 0 Å². The predicted octanol–water partition coefficient (Wildman–Crippen LogP) is 0.540. The number of carbonyl (C=O) groups is 3. The molecule has 0 aromatic heterocycles. The monoisotopic (exact) mass is 212 g/mol. The minimum absolute atomic E-state index is 0.0236. The fraction of sp³-hybridized carbons (Fsp3) is 0.500. The molecule has 5 nitrogen and oxygen atoms in total. The summed E-state index contributed by atoms with van der Waals surface area (Å²) in [5.41, 5.74) is -1.34. The maximum Gasteiger partial charge on any atom is 0.342 e. The van der Waals surface area contributed by atoms with Crippen LogP contribution < -0.4 is 0 Å². The lowest BCUT2D eigenvalue weighted by atomic mass is 9.79. The van der Waals surface area contributed by atoms with Gasteiger partial charge in [-0.2, -0.15) is 0 Å². The number of cyclic esters (lactones) is 1. The molecule has 1 aliphatic heterocycles. The van der Waals surface area contributed by atoms with Gasteiger partial charge >= 0.3 is 11.9 Å². The maximum atomic E-state index is 11.3. The third-order valence-corrected chi connectivity index (χ3v) is 2.26. The van der Waals surface area contributed by atoms with Crippen LogP contribution in [0.1, 0.15) is 20.8 Å². The smallest absolute Gasteiger partial charge is 0.342 e. The van der Waals surface area contributed by atoms with Gasteiger partial charge in [-0.3, -0.25) is 4.79 Å². The highest BCUT2D eigenvalue weighted by Gasteiger charge is 2.41. The summed E-state index contributed by atoms with van der Waals surface area (Å²) in [6.45, 7) is 4.36. The summed E-state index contributed by atoms with van der Waals surface area (Å²) in [5, 5.41) is 8.99. The van der Waals surface area contributed by atoms with Crippen LogP contribution >= 0.6 is 0 Å². The normalized spacial score (nSPS) is 19.8. The molecule has 82 valence electrons. The molecular formula is C10H12O5. The lowest BCUT2D eigenvalue weighted by Gasteiger charge is -2.30. The van der Waals surface area contributed by atoms with E-state index in [1.54, 1.807) is 13.8 Å². The summed E-state index contributed by atoms with van der Waals surface area (Å²) < 4.78 is 4.77. The van der Waals surface area contributed by atoms with Crippen molar-refractivity contribution in [3.05, 3.63) is 11.1 Å². The zero-order valence-corrected chi connectivity index (χ0v) is 8.79. The Bertz CT molecular complexity index is 375. The largest absolute Gasteiger partial charge is 0.478 e. The molecule has 0 bridgehead atoms. The Morgan fingerprint density at radius 3 is 2.27 bits per heavy atom. The van der Waals surface area contributed by atoms with Crippen molar-refractivity contribution in [2.75, 3.05) is 6.61 Å². The highest BCUT2D eigenvalue weighted by Crippen LogP contribution is 2.34. The molecule has 0 fully saturated rings.